The molecule has 2 N–H and O–H groups in total. The van der Waals surface area contributed by atoms with Gasteiger partial charge >= 0.3 is 11.9 Å². The number of anilines is 1. The predicted molar refractivity (Wildman–Crippen MR) is 115 cm³/mol. The second-order valence-corrected chi connectivity index (χ2v) is 7.47. The van der Waals surface area contributed by atoms with Crippen LogP contribution < -0.4 is 10.1 Å². The summed E-state index contributed by atoms with van der Waals surface area (Å²) in [5.74, 6) is -0.483. The number of esters is 2. The van der Waals surface area contributed by atoms with Gasteiger partial charge in [-0.05, 0) is 38.4 Å². The van der Waals surface area contributed by atoms with Crippen LogP contribution in [0.4, 0.5) is 5.69 Å². The van der Waals surface area contributed by atoms with E-state index in [9.17, 15) is 14.4 Å². The number of carbonyl (C=O) groups excluding carboxylic acids is 3. The SMILES string of the molecule is CCOC(=O)[C@H]1CCCN(CCC(=O)Nc2c(C(=O)OC)[nH]c3cc(OC)ccc23)C1. The molecule has 31 heavy (non-hydrogen) atoms. The fourth-order valence-corrected chi connectivity index (χ4v) is 3.86. The Labute approximate surface area is 181 Å². The Morgan fingerprint density at radius 2 is 2.06 bits per heavy atom. The normalized spacial score (nSPS) is 16.7. The van der Waals surface area contributed by atoms with Gasteiger partial charge in [0.25, 0.3) is 0 Å². The Morgan fingerprint density at radius 1 is 1.26 bits per heavy atom. The van der Waals surface area contributed by atoms with Crippen LogP contribution in [0.1, 0.15) is 36.7 Å². The molecular formula is C22H29N3O6. The van der Waals surface area contributed by atoms with Crippen LogP contribution in [0.25, 0.3) is 10.9 Å². The van der Waals surface area contributed by atoms with Crippen molar-refractivity contribution in [1.29, 1.82) is 0 Å². The number of aromatic nitrogens is 1. The lowest BCUT2D eigenvalue weighted by Gasteiger charge is -2.31. The highest BCUT2D eigenvalue weighted by atomic mass is 16.5. The van der Waals surface area contributed by atoms with Gasteiger partial charge < -0.3 is 29.4 Å². The molecule has 9 heteroatoms. The molecule has 3 rings (SSSR count). The minimum absolute atomic E-state index is 0.147. The van der Waals surface area contributed by atoms with Crippen molar-refractivity contribution in [2.75, 3.05) is 45.8 Å². The van der Waals surface area contributed by atoms with Gasteiger partial charge in [0, 0.05) is 31.0 Å². The monoisotopic (exact) mass is 431 g/mol. The molecule has 2 heterocycles. The second kappa shape index (κ2) is 10.3. The molecule has 1 aromatic heterocycles. The Hall–Kier alpha value is -3.07. The summed E-state index contributed by atoms with van der Waals surface area (Å²) in [6, 6.07) is 5.29. The summed E-state index contributed by atoms with van der Waals surface area (Å²) in [6.45, 7) is 4.12. The van der Waals surface area contributed by atoms with E-state index in [0.29, 0.717) is 42.0 Å². The lowest BCUT2D eigenvalue weighted by atomic mass is 9.98. The van der Waals surface area contributed by atoms with E-state index in [1.165, 1.54) is 7.11 Å². The Kier molecular flexibility index (Phi) is 7.51. The summed E-state index contributed by atoms with van der Waals surface area (Å²) in [4.78, 5) is 42.0. The predicted octanol–water partition coefficient (Wildman–Crippen LogP) is 2.57. The van der Waals surface area contributed by atoms with Crippen molar-refractivity contribution in [1.82, 2.24) is 9.88 Å². The zero-order valence-electron chi connectivity index (χ0n) is 18.2. The van der Waals surface area contributed by atoms with E-state index < -0.39 is 5.97 Å². The highest BCUT2D eigenvalue weighted by Gasteiger charge is 2.27. The maximum absolute atomic E-state index is 12.7. The average Bonchev–Trinajstić information content (AvgIpc) is 3.14. The lowest BCUT2D eigenvalue weighted by Crippen LogP contribution is -2.40. The van der Waals surface area contributed by atoms with E-state index in [2.05, 4.69) is 15.2 Å². The molecule has 1 saturated heterocycles. The fourth-order valence-electron chi connectivity index (χ4n) is 3.86. The highest BCUT2D eigenvalue weighted by molar-refractivity contribution is 6.11. The zero-order valence-corrected chi connectivity index (χ0v) is 18.2. The molecule has 1 atom stereocenters. The molecule has 0 radical (unpaired) electrons. The summed E-state index contributed by atoms with van der Waals surface area (Å²) in [5, 5.41) is 3.54. The van der Waals surface area contributed by atoms with Crippen LogP contribution in [0.2, 0.25) is 0 Å². The highest BCUT2D eigenvalue weighted by Crippen LogP contribution is 2.31. The first-order chi connectivity index (χ1) is 15.0. The molecule has 0 bridgehead atoms. The van der Waals surface area contributed by atoms with Gasteiger partial charge in [-0.3, -0.25) is 9.59 Å². The molecule has 1 amide bonds. The van der Waals surface area contributed by atoms with Crippen LogP contribution in [-0.2, 0) is 19.1 Å². The van der Waals surface area contributed by atoms with Gasteiger partial charge in [-0.15, -0.1) is 0 Å². The summed E-state index contributed by atoms with van der Waals surface area (Å²) < 4.78 is 15.2. The van der Waals surface area contributed by atoms with E-state index in [1.54, 1.807) is 32.2 Å². The maximum atomic E-state index is 12.7. The third kappa shape index (κ3) is 5.35. The molecule has 9 nitrogen and oxygen atoms in total. The number of likely N-dealkylation sites (tertiary alicyclic amines) is 1. The summed E-state index contributed by atoms with van der Waals surface area (Å²) in [5.41, 5.74) is 1.22. The number of aromatic amines is 1. The van der Waals surface area contributed by atoms with Crippen molar-refractivity contribution in [2.45, 2.75) is 26.2 Å². The van der Waals surface area contributed by atoms with Crippen LogP contribution in [0.5, 0.6) is 5.75 Å². The largest absolute Gasteiger partial charge is 0.497 e. The standard InChI is InChI=1S/C22H29N3O6/c1-4-31-21(27)14-6-5-10-25(13-14)11-9-18(26)24-19-16-8-7-15(29-2)12-17(16)23-20(19)22(28)30-3/h7-8,12,14,23H,4-6,9-11,13H2,1-3H3,(H,24,26)/t14-/m0/s1. The van der Waals surface area contributed by atoms with Gasteiger partial charge in [0.1, 0.15) is 11.4 Å². The number of hydrogen-bond donors (Lipinski definition) is 2. The van der Waals surface area contributed by atoms with E-state index in [-0.39, 0.29) is 29.9 Å². The Balaban J connectivity index is 1.67. The smallest absolute Gasteiger partial charge is 0.356 e. The maximum Gasteiger partial charge on any atom is 0.356 e. The van der Waals surface area contributed by atoms with Gasteiger partial charge in [-0.2, -0.15) is 0 Å². The number of methoxy groups -OCH3 is 2. The molecule has 1 aliphatic heterocycles. The van der Waals surface area contributed by atoms with Crippen LogP contribution in [-0.4, -0.2) is 68.2 Å². The quantitative estimate of drug-likeness (QED) is 0.618. The van der Waals surface area contributed by atoms with E-state index >= 15 is 0 Å². The first-order valence-corrected chi connectivity index (χ1v) is 10.4. The number of rotatable bonds is 8. The number of carbonyl (C=O) groups is 3. The summed E-state index contributed by atoms with van der Waals surface area (Å²) in [7, 11) is 2.84. The summed E-state index contributed by atoms with van der Waals surface area (Å²) >= 11 is 0. The second-order valence-electron chi connectivity index (χ2n) is 7.47. The third-order valence-electron chi connectivity index (χ3n) is 5.44. The molecule has 0 spiro atoms. The molecule has 0 aliphatic carbocycles. The van der Waals surface area contributed by atoms with Gasteiger partial charge in [-0.25, -0.2) is 4.79 Å². The van der Waals surface area contributed by atoms with Crippen molar-refractivity contribution in [2.24, 2.45) is 5.92 Å². The number of hydrogen-bond acceptors (Lipinski definition) is 7. The number of ether oxygens (including phenoxy) is 3. The van der Waals surface area contributed by atoms with Gasteiger partial charge in [0.2, 0.25) is 5.91 Å². The topological polar surface area (TPSA) is 110 Å². The number of nitrogens with one attached hydrogen (secondary N) is 2. The minimum Gasteiger partial charge on any atom is -0.497 e. The Morgan fingerprint density at radius 3 is 2.77 bits per heavy atom. The molecule has 1 fully saturated rings. The molecule has 0 saturated carbocycles. The number of H-pyrrole nitrogens is 1. The van der Waals surface area contributed by atoms with Crippen molar-refractivity contribution < 1.29 is 28.6 Å². The molecule has 168 valence electrons. The summed E-state index contributed by atoms with van der Waals surface area (Å²) in [6.07, 6.45) is 1.93. The third-order valence-corrected chi connectivity index (χ3v) is 5.44. The zero-order chi connectivity index (χ0) is 22.4. The van der Waals surface area contributed by atoms with Crippen LogP contribution in [0.3, 0.4) is 0 Å². The number of benzene rings is 1. The fraction of sp³-hybridized carbons (Fsp3) is 0.500. The van der Waals surface area contributed by atoms with Crippen LogP contribution in [0.15, 0.2) is 18.2 Å². The molecular weight excluding hydrogens is 402 g/mol. The first kappa shape index (κ1) is 22.6. The van der Waals surface area contributed by atoms with Gasteiger partial charge in [0.15, 0.2) is 0 Å². The number of piperidine rings is 1. The van der Waals surface area contributed by atoms with Crippen LogP contribution in [0, 0.1) is 5.92 Å². The minimum atomic E-state index is -0.571. The first-order valence-electron chi connectivity index (χ1n) is 10.4. The van der Waals surface area contributed by atoms with Crippen molar-refractivity contribution in [3.8, 4) is 5.75 Å². The van der Waals surface area contributed by atoms with E-state index in [0.717, 1.165) is 19.4 Å². The van der Waals surface area contributed by atoms with Gasteiger partial charge in [-0.1, -0.05) is 0 Å². The molecule has 0 unspecified atom stereocenters. The molecule has 1 aromatic carbocycles. The number of fused-ring (bicyclic) bond motifs is 1. The number of amides is 1. The van der Waals surface area contributed by atoms with E-state index in [4.69, 9.17) is 14.2 Å². The van der Waals surface area contributed by atoms with Crippen molar-refractivity contribution in [3.05, 3.63) is 23.9 Å². The Bertz CT molecular complexity index is 954. The number of nitrogens with zero attached hydrogens (tertiary/aromatic N) is 1. The van der Waals surface area contributed by atoms with E-state index in [1.807, 2.05) is 0 Å². The van der Waals surface area contributed by atoms with Crippen molar-refractivity contribution >= 4 is 34.4 Å². The molecule has 2 aromatic rings. The molecule has 1 aliphatic rings. The lowest BCUT2D eigenvalue weighted by molar-refractivity contribution is -0.149. The van der Waals surface area contributed by atoms with Crippen LogP contribution >= 0.6 is 0 Å². The van der Waals surface area contributed by atoms with Gasteiger partial charge in [0.05, 0.1) is 37.9 Å². The average molecular weight is 431 g/mol. The van der Waals surface area contributed by atoms with Crippen molar-refractivity contribution in [3.63, 3.8) is 0 Å².